The summed E-state index contributed by atoms with van der Waals surface area (Å²) in [6.45, 7) is 4.71. The highest BCUT2D eigenvalue weighted by Gasteiger charge is 2.37. The Morgan fingerprint density at radius 2 is 0.982 bits per heavy atom. The van der Waals surface area contributed by atoms with Crippen LogP contribution in [0.1, 0.15) is 25.0 Å². The number of benzene rings is 8. The van der Waals surface area contributed by atoms with Crippen molar-refractivity contribution in [2.45, 2.75) is 19.3 Å². The number of aromatic nitrogens is 2. The van der Waals surface area contributed by atoms with Crippen LogP contribution in [0.4, 0.5) is 0 Å². The SMILES string of the molecule is CC1(C)c2cc3ccccc3cc2-c2c(-c3ccc(-c4cc(-c5ccc(-c6cccc7c6sc6ccccc67)cc5)nc(-c5ccccc5)n4)cc3)cccc21. The molecule has 56 heavy (non-hydrogen) atoms. The van der Waals surface area contributed by atoms with Gasteiger partial charge in [0.2, 0.25) is 0 Å². The normalized spacial score (nSPS) is 13.0. The summed E-state index contributed by atoms with van der Waals surface area (Å²) >= 11 is 1.86. The van der Waals surface area contributed by atoms with Crippen LogP contribution in [0.25, 0.3) is 98.2 Å². The highest BCUT2D eigenvalue weighted by atomic mass is 32.1. The van der Waals surface area contributed by atoms with E-state index >= 15 is 0 Å². The highest BCUT2D eigenvalue weighted by molar-refractivity contribution is 7.26. The van der Waals surface area contributed by atoms with Gasteiger partial charge in [-0.3, -0.25) is 0 Å². The summed E-state index contributed by atoms with van der Waals surface area (Å²) < 4.78 is 2.64. The molecule has 10 aromatic rings. The maximum atomic E-state index is 5.15. The Morgan fingerprint density at radius 1 is 0.411 bits per heavy atom. The summed E-state index contributed by atoms with van der Waals surface area (Å²) in [5.41, 5.74) is 15.2. The summed E-state index contributed by atoms with van der Waals surface area (Å²) in [7, 11) is 0. The number of rotatable bonds is 5. The molecule has 0 aliphatic heterocycles. The second-order valence-electron chi connectivity index (χ2n) is 15.4. The van der Waals surface area contributed by atoms with Gasteiger partial charge in [0.25, 0.3) is 0 Å². The minimum atomic E-state index is -0.0833. The molecule has 3 heteroatoms. The molecule has 0 radical (unpaired) electrons. The molecule has 264 valence electrons. The third-order valence-electron chi connectivity index (χ3n) is 11.7. The lowest BCUT2D eigenvalue weighted by atomic mass is 9.81. The van der Waals surface area contributed by atoms with Gasteiger partial charge in [0.1, 0.15) is 0 Å². The zero-order valence-electron chi connectivity index (χ0n) is 31.1. The zero-order chi connectivity index (χ0) is 37.4. The Balaban J connectivity index is 0.982. The van der Waals surface area contributed by atoms with Crippen LogP contribution in [0.3, 0.4) is 0 Å². The van der Waals surface area contributed by atoms with E-state index in [4.69, 9.17) is 9.97 Å². The minimum Gasteiger partial charge on any atom is -0.228 e. The third-order valence-corrected chi connectivity index (χ3v) is 12.9. The van der Waals surface area contributed by atoms with E-state index in [1.54, 1.807) is 0 Å². The molecule has 2 heterocycles. The number of nitrogens with zero attached hydrogens (tertiary/aromatic N) is 2. The second kappa shape index (κ2) is 12.7. The van der Waals surface area contributed by atoms with Crippen LogP contribution < -0.4 is 0 Å². The molecule has 0 atom stereocenters. The second-order valence-corrected chi connectivity index (χ2v) is 16.4. The van der Waals surface area contributed by atoms with Crippen molar-refractivity contribution < 1.29 is 0 Å². The van der Waals surface area contributed by atoms with Crippen molar-refractivity contribution in [1.29, 1.82) is 0 Å². The van der Waals surface area contributed by atoms with Crippen molar-refractivity contribution in [3.63, 3.8) is 0 Å². The van der Waals surface area contributed by atoms with Gasteiger partial charge in [-0.2, -0.15) is 0 Å². The molecule has 11 rings (SSSR count). The number of thiophene rings is 1. The van der Waals surface area contributed by atoms with E-state index in [1.165, 1.54) is 75.5 Å². The maximum Gasteiger partial charge on any atom is 0.160 e. The molecule has 0 N–H and O–H groups in total. The summed E-state index contributed by atoms with van der Waals surface area (Å²) in [5, 5.41) is 5.19. The van der Waals surface area contributed by atoms with E-state index in [9.17, 15) is 0 Å². The molecule has 0 saturated carbocycles. The summed E-state index contributed by atoms with van der Waals surface area (Å²) in [5.74, 6) is 0.716. The molecule has 1 aliphatic rings. The van der Waals surface area contributed by atoms with Gasteiger partial charge in [0.05, 0.1) is 11.4 Å². The minimum absolute atomic E-state index is 0.0833. The number of fused-ring (bicyclic) bond motifs is 7. The molecule has 8 aromatic carbocycles. The average molecular weight is 733 g/mol. The van der Waals surface area contributed by atoms with Gasteiger partial charge in [-0.1, -0.05) is 172 Å². The first-order chi connectivity index (χ1) is 27.5. The number of hydrogen-bond acceptors (Lipinski definition) is 3. The van der Waals surface area contributed by atoms with E-state index < -0.39 is 0 Å². The standard InChI is InChI=1S/C53H36N2S/c1-53(2)45-20-11-17-40(50(45)44-30-38-14-6-7-15-39(38)31-46(44)53)33-22-26-35(27-23-33)47-32-48(55-52(54-47)37-12-4-3-5-13-37)36-28-24-34(25-29-36)41-18-10-19-43-42-16-8-9-21-49(42)56-51(41)43/h3-32H,1-2H3. The first-order valence-electron chi connectivity index (χ1n) is 19.2. The fourth-order valence-electron chi connectivity index (χ4n) is 8.79. The molecule has 0 amide bonds. The van der Waals surface area contributed by atoms with Crippen molar-refractivity contribution in [3.05, 3.63) is 193 Å². The molecular weight excluding hydrogens is 697 g/mol. The lowest BCUT2D eigenvalue weighted by molar-refractivity contribution is 0.661. The van der Waals surface area contributed by atoms with E-state index in [1.807, 2.05) is 29.5 Å². The Bertz CT molecular complexity index is 3140. The van der Waals surface area contributed by atoms with Crippen LogP contribution in [-0.2, 0) is 5.41 Å². The Kier molecular flexibility index (Phi) is 7.42. The van der Waals surface area contributed by atoms with Crippen LogP contribution in [-0.4, -0.2) is 9.97 Å². The van der Waals surface area contributed by atoms with E-state index in [2.05, 4.69) is 178 Å². The monoisotopic (exact) mass is 732 g/mol. The van der Waals surface area contributed by atoms with Gasteiger partial charge in [-0.15, -0.1) is 11.3 Å². The van der Waals surface area contributed by atoms with Crippen molar-refractivity contribution in [3.8, 4) is 67.3 Å². The van der Waals surface area contributed by atoms with Gasteiger partial charge in [-0.05, 0) is 79.5 Å². The molecule has 2 aromatic heterocycles. The molecule has 0 unspecified atom stereocenters. The Hall–Kier alpha value is -6.68. The fraction of sp³-hybridized carbons (Fsp3) is 0.0566. The van der Waals surface area contributed by atoms with E-state index in [-0.39, 0.29) is 5.41 Å². The van der Waals surface area contributed by atoms with Crippen LogP contribution in [0.5, 0.6) is 0 Å². The lowest BCUT2D eigenvalue weighted by Crippen LogP contribution is -2.14. The fourth-order valence-corrected chi connectivity index (χ4v) is 10.0. The van der Waals surface area contributed by atoms with Gasteiger partial charge < -0.3 is 0 Å². The third kappa shape index (κ3) is 5.23. The highest BCUT2D eigenvalue weighted by Crippen LogP contribution is 2.53. The lowest BCUT2D eigenvalue weighted by Gasteiger charge is -2.22. The smallest absolute Gasteiger partial charge is 0.160 e. The molecule has 0 saturated heterocycles. The average Bonchev–Trinajstić information content (AvgIpc) is 3.75. The summed E-state index contributed by atoms with van der Waals surface area (Å²) in [6, 6.07) is 65.8. The first kappa shape index (κ1) is 32.7. The predicted molar refractivity (Wildman–Crippen MR) is 237 cm³/mol. The van der Waals surface area contributed by atoms with Crippen LogP contribution in [0.15, 0.2) is 182 Å². The largest absolute Gasteiger partial charge is 0.228 e. The van der Waals surface area contributed by atoms with Gasteiger partial charge in [-0.25, -0.2) is 9.97 Å². The molecule has 0 fully saturated rings. The van der Waals surface area contributed by atoms with E-state index in [0.29, 0.717) is 5.82 Å². The molecule has 2 nitrogen and oxygen atoms in total. The molecule has 0 bridgehead atoms. The van der Waals surface area contributed by atoms with Crippen LogP contribution >= 0.6 is 11.3 Å². The Morgan fingerprint density at radius 3 is 1.71 bits per heavy atom. The topological polar surface area (TPSA) is 25.8 Å². The van der Waals surface area contributed by atoms with E-state index in [0.717, 1.165) is 28.1 Å². The quantitative estimate of drug-likeness (QED) is 0.176. The summed E-state index contributed by atoms with van der Waals surface area (Å²) in [6.07, 6.45) is 0. The van der Waals surface area contributed by atoms with Crippen molar-refractivity contribution >= 4 is 42.3 Å². The van der Waals surface area contributed by atoms with Gasteiger partial charge in [0, 0.05) is 42.3 Å². The predicted octanol–water partition coefficient (Wildman–Crippen LogP) is 14.6. The first-order valence-corrected chi connectivity index (χ1v) is 20.0. The maximum absolute atomic E-state index is 5.15. The Labute approximate surface area is 330 Å². The van der Waals surface area contributed by atoms with Gasteiger partial charge in [0.15, 0.2) is 5.82 Å². The van der Waals surface area contributed by atoms with Crippen LogP contribution in [0, 0.1) is 0 Å². The van der Waals surface area contributed by atoms with Crippen LogP contribution in [0.2, 0.25) is 0 Å². The molecule has 1 aliphatic carbocycles. The summed E-state index contributed by atoms with van der Waals surface area (Å²) in [4.78, 5) is 10.3. The zero-order valence-corrected chi connectivity index (χ0v) is 31.9. The molecular formula is C53H36N2S. The van der Waals surface area contributed by atoms with Crippen molar-refractivity contribution in [2.75, 3.05) is 0 Å². The van der Waals surface area contributed by atoms with Gasteiger partial charge >= 0.3 is 0 Å². The van der Waals surface area contributed by atoms with Crippen molar-refractivity contribution in [1.82, 2.24) is 9.97 Å². The number of hydrogen-bond donors (Lipinski definition) is 0. The molecule has 0 spiro atoms. The van der Waals surface area contributed by atoms with Crippen molar-refractivity contribution in [2.24, 2.45) is 0 Å².